The fourth-order valence-corrected chi connectivity index (χ4v) is 4.08. The molecule has 0 spiro atoms. The third-order valence-corrected chi connectivity index (χ3v) is 5.07. The van der Waals surface area contributed by atoms with Gasteiger partial charge in [-0.2, -0.15) is 0 Å². The largest absolute Gasteiger partial charge is 0.396 e. The van der Waals surface area contributed by atoms with E-state index in [1.165, 1.54) is 11.3 Å². The number of rotatable bonds is 3. The van der Waals surface area contributed by atoms with Gasteiger partial charge in [-0.1, -0.05) is 0 Å². The van der Waals surface area contributed by atoms with Crippen LogP contribution < -0.4 is 16.4 Å². The number of thiophene rings is 1. The SMILES string of the molecule is CSc1c(N2CCOC(C)C2)sc(C(N)=O)c1N. The molecule has 0 aromatic carbocycles. The fourth-order valence-electron chi connectivity index (χ4n) is 2.01. The van der Waals surface area contributed by atoms with Gasteiger partial charge in [0.05, 0.1) is 23.3 Å². The maximum Gasteiger partial charge on any atom is 0.261 e. The first-order valence-electron chi connectivity index (χ1n) is 5.67. The first-order valence-corrected chi connectivity index (χ1v) is 7.71. The Balaban J connectivity index is 2.37. The van der Waals surface area contributed by atoms with Crippen molar-refractivity contribution in [1.29, 1.82) is 0 Å². The van der Waals surface area contributed by atoms with Crippen molar-refractivity contribution in [2.45, 2.75) is 17.9 Å². The van der Waals surface area contributed by atoms with E-state index in [0.29, 0.717) is 17.2 Å². The normalized spacial score (nSPS) is 20.1. The van der Waals surface area contributed by atoms with Gasteiger partial charge in [-0.25, -0.2) is 0 Å². The molecule has 1 aliphatic rings. The molecule has 0 aliphatic carbocycles. The molecule has 1 fully saturated rings. The molecule has 1 aromatic rings. The van der Waals surface area contributed by atoms with Crippen LogP contribution in [-0.2, 0) is 4.74 Å². The topological polar surface area (TPSA) is 81.6 Å². The van der Waals surface area contributed by atoms with Gasteiger partial charge in [0.15, 0.2) is 0 Å². The van der Waals surface area contributed by atoms with Crippen LogP contribution >= 0.6 is 23.1 Å². The summed E-state index contributed by atoms with van der Waals surface area (Å²) in [4.78, 5) is 15.0. The van der Waals surface area contributed by atoms with Crippen molar-refractivity contribution in [3.8, 4) is 0 Å². The lowest BCUT2D eigenvalue weighted by Crippen LogP contribution is -2.40. The summed E-state index contributed by atoms with van der Waals surface area (Å²) in [6.07, 6.45) is 2.14. The molecule has 2 rings (SSSR count). The molecule has 0 saturated carbocycles. The van der Waals surface area contributed by atoms with Gasteiger partial charge < -0.3 is 21.1 Å². The molecule has 0 radical (unpaired) electrons. The summed E-state index contributed by atoms with van der Waals surface area (Å²) in [7, 11) is 0. The molecule has 1 unspecified atom stereocenters. The van der Waals surface area contributed by atoms with E-state index in [1.807, 2.05) is 13.2 Å². The third kappa shape index (κ3) is 2.43. The van der Waals surface area contributed by atoms with Gasteiger partial charge in [0, 0.05) is 13.1 Å². The van der Waals surface area contributed by atoms with Crippen molar-refractivity contribution in [2.75, 3.05) is 36.6 Å². The zero-order valence-corrected chi connectivity index (χ0v) is 12.1. The van der Waals surface area contributed by atoms with Crippen LogP contribution in [0.15, 0.2) is 4.90 Å². The van der Waals surface area contributed by atoms with Gasteiger partial charge in [0.1, 0.15) is 9.88 Å². The molecule has 7 heteroatoms. The molecule has 1 saturated heterocycles. The smallest absolute Gasteiger partial charge is 0.261 e. The average molecular weight is 287 g/mol. The minimum absolute atomic E-state index is 0.189. The zero-order chi connectivity index (χ0) is 13.3. The minimum atomic E-state index is -0.458. The summed E-state index contributed by atoms with van der Waals surface area (Å²) >= 11 is 2.93. The van der Waals surface area contributed by atoms with E-state index in [4.69, 9.17) is 16.2 Å². The number of carbonyl (C=O) groups is 1. The quantitative estimate of drug-likeness (QED) is 0.821. The molecule has 18 heavy (non-hydrogen) atoms. The molecule has 1 aliphatic heterocycles. The second kappa shape index (κ2) is 5.38. The number of hydrogen-bond acceptors (Lipinski definition) is 6. The Kier molecular flexibility index (Phi) is 4.04. The molecule has 1 amide bonds. The number of anilines is 2. The highest BCUT2D eigenvalue weighted by Gasteiger charge is 2.25. The molecular weight excluding hydrogens is 270 g/mol. The van der Waals surface area contributed by atoms with Crippen molar-refractivity contribution in [3.05, 3.63) is 4.88 Å². The number of nitrogen functional groups attached to an aromatic ring is 1. The Morgan fingerprint density at radius 2 is 2.33 bits per heavy atom. The predicted molar refractivity (Wildman–Crippen MR) is 76.7 cm³/mol. The highest BCUT2D eigenvalue weighted by molar-refractivity contribution is 7.99. The summed E-state index contributed by atoms with van der Waals surface area (Å²) in [6.45, 7) is 4.36. The van der Waals surface area contributed by atoms with Gasteiger partial charge in [0.25, 0.3) is 5.91 Å². The first kappa shape index (κ1) is 13.5. The number of amides is 1. The Morgan fingerprint density at radius 1 is 1.61 bits per heavy atom. The molecule has 1 aromatic heterocycles. The lowest BCUT2D eigenvalue weighted by Gasteiger charge is -2.32. The van der Waals surface area contributed by atoms with Crippen molar-refractivity contribution < 1.29 is 9.53 Å². The van der Waals surface area contributed by atoms with Crippen LogP contribution in [0.1, 0.15) is 16.6 Å². The number of thioether (sulfide) groups is 1. The van der Waals surface area contributed by atoms with Crippen molar-refractivity contribution in [3.63, 3.8) is 0 Å². The summed E-state index contributed by atoms with van der Waals surface area (Å²) in [6, 6.07) is 0. The third-order valence-electron chi connectivity index (χ3n) is 2.84. The summed E-state index contributed by atoms with van der Waals surface area (Å²) in [5.74, 6) is -0.458. The maximum atomic E-state index is 11.4. The van der Waals surface area contributed by atoms with Crippen molar-refractivity contribution in [1.82, 2.24) is 0 Å². The van der Waals surface area contributed by atoms with E-state index in [2.05, 4.69) is 4.90 Å². The monoisotopic (exact) mass is 287 g/mol. The summed E-state index contributed by atoms with van der Waals surface area (Å²) in [5.41, 5.74) is 11.8. The number of morpholine rings is 1. The molecule has 4 N–H and O–H groups in total. The van der Waals surface area contributed by atoms with Crippen LogP contribution in [0.5, 0.6) is 0 Å². The van der Waals surface area contributed by atoms with Gasteiger partial charge in [0.2, 0.25) is 0 Å². The Hall–Kier alpha value is -0.920. The zero-order valence-electron chi connectivity index (χ0n) is 10.4. The standard InChI is InChI=1S/C11H17N3O2S2/c1-6-5-14(3-4-16-6)11-9(17-2)7(12)8(18-11)10(13)15/h6H,3-5,12H2,1-2H3,(H2,13,15). The highest BCUT2D eigenvalue weighted by atomic mass is 32.2. The van der Waals surface area contributed by atoms with Gasteiger partial charge >= 0.3 is 0 Å². The molecule has 0 bridgehead atoms. The summed E-state index contributed by atoms with van der Waals surface area (Å²) < 4.78 is 5.52. The van der Waals surface area contributed by atoms with E-state index in [1.54, 1.807) is 11.8 Å². The van der Waals surface area contributed by atoms with Crippen molar-refractivity contribution >= 4 is 39.7 Å². The number of hydrogen-bond donors (Lipinski definition) is 2. The first-order chi connectivity index (χ1) is 8.54. The van der Waals surface area contributed by atoms with Crippen LogP contribution in [0.4, 0.5) is 10.7 Å². The maximum absolute atomic E-state index is 11.4. The number of carbonyl (C=O) groups excluding carboxylic acids is 1. The molecule has 2 heterocycles. The summed E-state index contributed by atoms with van der Waals surface area (Å²) in [5, 5.41) is 1.03. The number of nitrogens with zero attached hydrogens (tertiary/aromatic N) is 1. The fraction of sp³-hybridized carbons (Fsp3) is 0.545. The van der Waals surface area contributed by atoms with Crippen LogP contribution in [0, 0.1) is 0 Å². The van der Waals surface area contributed by atoms with E-state index in [-0.39, 0.29) is 6.10 Å². The van der Waals surface area contributed by atoms with E-state index in [9.17, 15) is 4.79 Å². The lowest BCUT2D eigenvalue weighted by molar-refractivity contribution is 0.0533. The Morgan fingerprint density at radius 3 is 2.89 bits per heavy atom. The van der Waals surface area contributed by atoms with Crippen LogP contribution in [-0.4, -0.2) is 38.0 Å². The molecular formula is C11H17N3O2S2. The Bertz CT molecular complexity index is 461. The lowest BCUT2D eigenvalue weighted by atomic mass is 10.3. The predicted octanol–water partition coefficient (Wildman–Crippen LogP) is 1.38. The van der Waals surface area contributed by atoms with Crippen molar-refractivity contribution in [2.24, 2.45) is 5.73 Å². The Labute approximate surface area is 114 Å². The number of nitrogens with two attached hydrogens (primary N) is 2. The van der Waals surface area contributed by atoms with Crippen LogP contribution in [0.3, 0.4) is 0 Å². The average Bonchev–Trinajstić information content (AvgIpc) is 2.66. The van der Waals surface area contributed by atoms with E-state index in [0.717, 1.165) is 23.0 Å². The van der Waals surface area contributed by atoms with Gasteiger partial charge in [-0.05, 0) is 13.2 Å². The second-order valence-corrected chi connectivity index (χ2v) is 5.99. The molecule has 100 valence electrons. The van der Waals surface area contributed by atoms with Gasteiger partial charge in [-0.15, -0.1) is 23.1 Å². The minimum Gasteiger partial charge on any atom is -0.396 e. The van der Waals surface area contributed by atoms with E-state index < -0.39 is 5.91 Å². The van der Waals surface area contributed by atoms with Crippen LogP contribution in [0.25, 0.3) is 0 Å². The van der Waals surface area contributed by atoms with Gasteiger partial charge in [-0.3, -0.25) is 4.79 Å². The highest BCUT2D eigenvalue weighted by Crippen LogP contribution is 2.44. The van der Waals surface area contributed by atoms with Crippen LogP contribution in [0.2, 0.25) is 0 Å². The number of ether oxygens (including phenoxy) is 1. The second-order valence-electron chi connectivity index (χ2n) is 4.17. The van der Waals surface area contributed by atoms with E-state index >= 15 is 0 Å². The molecule has 1 atom stereocenters. The molecule has 5 nitrogen and oxygen atoms in total. The number of primary amides is 1.